The number of anilines is 1. The molecule has 0 aliphatic carbocycles. The highest BCUT2D eigenvalue weighted by atomic mass is 19.1. The van der Waals surface area contributed by atoms with Gasteiger partial charge in [-0.1, -0.05) is 6.07 Å². The minimum Gasteiger partial charge on any atom is -0.394 e. The highest BCUT2D eigenvalue weighted by Gasteiger charge is 2.32. The van der Waals surface area contributed by atoms with E-state index < -0.39 is 17.4 Å². The van der Waals surface area contributed by atoms with Gasteiger partial charge in [-0.25, -0.2) is 9.18 Å². The molecule has 2 rings (SSSR count). The van der Waals surface area contributed by atoms with Crippen molar-refractivity contribution >= 4 is 17.6 Å². The van der Waals surface area contributed by atoms with Gasteiger partial charge in [-0.2, -0.15) is 0 Å². The average molecular weight is 309 g/mol. The van der Waals surface area contributed by atoms with Crippen LogP contribution in [0.1, 0.15) is 20.3 Å². The van der Waals surface area contributed by atoms with Gasteiger partial charge in [0.15, 0.2) is 0 Å². The predicted octanol–water partition coefficient (Wildman–Crippen LogP) is 1.00. The number of hydrogen-bond acceptors (Lipinski definition) is 3. The number of benzene rings is 1. The minimum atomic E-state index is -0.741. The van der Waals surface area contributed by atoms with Crippen LogP contribution >= 0.6 is 0 Å². The Balaban J connectivity index is 1.96. The van der Waals surface area contributed by atoms with Crippen molar-refractivity contribution in [1.29, 1.82) is 0 Å². The van der Waals surface area contributed by atoms with E-state index in [2.05, 4.69) is 10.6 Å². The molecule has 1 aromatic rings. The summed E-state index contributed by atoms with van der Waals surface area (Å²) in [5.41, 5.74) is -0.264. The monoisotopic (exact) mass is 309 g/mol. The van der Waals surface area contributed by atoms with Crippen LogP contribution in [0.15, 0.2) is 24.3 Å². The molecule has 6 nitrogen and oxygen atoms in total. The molecule has 1 fully saturated rings. The Kier molecular flexibility index (Phi) is 4.65. The van der Waals surface area contributed by atoms with Gasteiger partial charge in [0.1, 0.15) is 5.82 Å². The van der Waals surface area contributed by atoms with Gasteiger partial charge in [0.2, 0.25) is 5.91 Å². The molecule has 1 aliphatic rings. The topological polar surface area (TPSA) is 81.7 Å². The van der Waals surface area contributed by atoms with E-state index in [0.29, 0.717) is 5.69 Å². The van der Waals surface area contributed by atoms with E-state index >= 15 is 0 Å². The number of nitrogens with one attached hydrogen (secondary N) is 2. The first-order valence-electron chi connectivity index (χ1n) is 7.06. The summed E-state index contributed by atoms with van der Waals surface area (Å²) < 4.78 is 13.2. The summed E-state index contributed by atoms with van der Waals surface area (Å²) in [6, 6.07) is 4.98. The third kappa shape index (κ3) is 3.94. The fourth-order valence-electron chi connectivity index (χ4n) is 2.27. The van der Waals surface area contributed by atoms with Gasteiger partial charge in [-0.3, -0.25) is 4.79 Å². The molecule has 0 aromatic heterocycles. The number of hydrogen-bond donors (Lipinski definition) is 3. The first-order chi connectivity index (χ1) is 10.3. The Morgan fingerprint density at radius 1 is 1.50 bits per heavy atom. The Morgan fingerprint density at radius 2 is 2.23 bits per heavy atom. The lowest BCUT2D eigenvalue weighted by atomic mass is 10.1. The van der Waals surface area contributed by atoms with Crippen molar-refractivity contribution in [2.24, 2.45) is 0 Å². The molecule has 0 radical (unpaired) electrons. The van der Waals surface area contributed by atoms with E-state index in [0.717, 1.165) is 0 Å². The third-order valence-corrected chi connectivity index (χ3v) is 3.43. The second kappa shape index (κ2) is 6.31. The van der Waals surface area contributed by atoms with Crippen molar-refractivity contribution in [3.05, 3.63) is 30.1 Å². The number of halogens is 1. The number of carbonyl (C=O) groups excluding carboxylic acids is 2. The lowest BCUT2D eigenvalue weighted by molar-refractivity contribution is -0.117. The zero-order valence-corrected chi connectivity index (χ0v) is 12.6. The van der Waals surface area contributed by atoms with Gasteiger partial charge in [-0.15, -0.1) is 0 Å². The zero-order chi connectivity index (χ0) is 16.3. The number of carbonyl (C=O) groups is 2. The quantitative estimate of drug-likeness (QED) is 0.776. The molecular weight excluding hydrogens is 289 g/mol. The second-order valence-electron chi connectivity index (χ2n) is 6.03. The lowest BCUT2D eigenvalue weighted by Crippen LogP contribution is -2.53. The van der Waals surface area contributed by atoms with Crippen LogP contribution in [0.2, 0.25) is 0 Å². The second-order valence-corrected chi connectivity index (χ2v) is 6.03. The van der Waals surface area contributed by atoms with Crippen molar-refractivity contribution < 1.29 is 19.1 Å². The SMILES string of the molecule is CC(C)(CO)NC(=O)N[C@H]1CC(=O)N(c2cccc(F)c2)C1. The van der Waals surface area contributed by atoms with Crippen LogP contribution < -0.4 is 15.5 Å². The van der Waals surface area contributed by atoms with E-state index in [1.165, 1.54) is 23.1 Å². The summed E-state index contributed by atoms with van der Waals surface area (Å²) in [5, 5.41) is 14.4. The number of rotatable bonds is 4. The normalized spacial score (nSPS) is 18.5. The van der Waals surface area contributed by atoms with Crippen LogP contribution in [-0.2, 0) is 4.79 Å². The lowest BCUT2D eigenvalue weighted by Gasteiger charge is -2.25. The van der Waals surface area contributed by atoms with Gasteiger partial charge < -0.3 is 20.6 Å². The molecular formula is C15H20FN3O3. The van der Waals surface area contributed by atoms with Gasteiger partial charge in [0, 0.05) is 18.7 Å². The molecule has 3 N–H and O–H groups in total. The molecule has 0 saturated carbocycles. The van der Waals surface area contributed by atoms with E-state index in [1.54, 1.807) is 19.9 Å². The zero-order valence-electron chi connectivity index (χ0n) is 12.6. The molecule has 0 unspecified atom stereocenters. The molecule has 1 atom stereocenters. The number of aliphatic hydroxyl groups is 1. The summed E-state index contributed by atoms with van der Waals surface area (Å²) in [5.74, 6) is -0.582. The molecule has 0 bridgehead atoms. The Labute approximate surface area is 128 Å². The maximum absolute atomic E-state index is 13.2. The van der Waals surface area contributed by atoms with Gasteiger partial charge in [0.25, 0.3) is 0 Å². The van der Waals surface area contributed by atoms with Crippen molar-refractivity contribution in [3.8, 4) is 0 Å². The Hall–Kier alpha value is -2.15. The van der Waals surface area contributed by atoms with Crippen LogP contribution in [0.5, 0.6) is 0 Å². The average Bonchev–Trinajstić information content (AvgIpc) is 2.78. The number of aliphatic hydroxyl groups excluding tert-OH is 1. The van der Waals surface area contributed by atoms with E-state index in [-0.39, 0.29) is 31.5 Å². The molecule has 1 saturated heterocycles. The molecule has 1 aromatic carbocycles. The van der Waals surface area contributed by atoms with Gasteiger partial charge in [0.05, 0.1) is 18.2 Å². The Bertz CT molecular complexity index is 577. The molecule has 1 heterocycles. The summed E-state index contributed by atoms with van der Waals surface area (Å²) in [6.07, 6.45) is 0.156. The van der Waals surface area contributed by atoms with Crippen LogP contribution in [0.3, 0.4) is 0 Å². The largest absolute Gasteiger partial charge is 0.394 e. The standard InChI is InChI=1S/C15H20FN3O3/c1-15(2,9-20)18-14(22)17-11-7-13(21)19(8-11)12-5-3-4-10(16)6-12/h3-6,11,20H,7-9H2,1-2H3,(H2,17,18,22)/t11-/m0/s1. The highest BCUT2D eigenvalue weighted by Crippen LogP contribution is 2.22. The molecule has 1 aliphatic heterocycles. The summed E-state index contributed by atoms with van der Waals surface area (Å²) in [7, 11) is 0. The highest BCUT2D eigenvalue weighted by molar-refractivity contribution is 5.96. The molecule has 0 spiro atoms. The fraction of sp³-hybridized carbons (Fsp3) is 0.467. The van der Waals surface area contributed by atoms with Crippen LogP contribution in [0.25, 0.3) is 0 Å². The summed E-state index contributed by atoms with van der Waals surface area (Å²) >= 11 is 0. The first-order valence-corrected chi connectivity index (χ1v) is 7.06. The maximum atomic E-state index is 13.2. The molecule has 3 amide bonds. The van der Waals surface area contributed by atoms with Crippen molar-refractivity contribution in [2.75, 3.05) is 18.1 Å². The minimum absolute atomic E-state index is 0.156. The summed E-state index contributed by atoms with van der Waals surface area (Å²) in [4.78, 5) is 25.3. The molecule has 7 heteroatoms. The van der Waals surface area contributed by atoms with Crippen LogP contribution in [0.4, 0.5) is 14.9 Å². The first kappa shape index (κ1) is 16.2. The van der Waals surface area contributed by atoms with Crippen molar-refractivity contribution in [1.82, 2.24) is 10.6 Å². The van der Waals surface area contributed by atoms with E-state index in [9.17, 15) is 14.0 Å². The van der Waals surface area contributed by atoms with E-state index in [1.807, 2.05) is 0 Å². The van der Waals surface area contributed by atoms with Crippen molar-refractivity contribution in [2.45, 2.75) is 31.8 Å². The third-order valence-electron chi connectivity index (χ3n) is 3.43. The number of nitrogens with zero attached hydrogens (tertiary/aromatic N) is 1. The molecule has 22 heavy (non-hydrogen) atoms. The number of urea groups is 1. The fourth-order valence-corrected chi connectivity index (χ4v) is 2.27. The maximum Gasteiger partial charge on any atom is 0.315 e. The Morgan fingerprint density at radius 3 is 2.86 bits per heavy atom. The smallest absolute Gasteiger partial charge is 0.315 e. The van der Waals surface area contributed by atoms with Gasteiger partial charge >= 0.3 is 6.03 Å². The van der Waals surface area contributed by atoms with Crippen LogP contribution in [0, 0.1) is 5.82 Å². The predicted molar refractivity (Wildman–Crippen MR) is 80.0 cm³/mol. The van der Waals surface area contributed by atoms with E-state index in [4.69, 9.17) is 5.11 Å². The van der Waals surface area contributed by atoms with Crippen LogP contribution in [-0.4, -0.2) is 41.8 Å². The number of amides is 3. The summed E-state index contributed by atoms with van der Waals surface area (Å²) in [6.45, 7) is 3.46. The van der Waals surface area contributed by atoms with Gasteiger partial charge in [-0.05, 0) is 32.0 Å². The van der Waals surface area contributed by atoms with Crippen molar-refractivity contribution in [3.63, 3.8) is 0 Å². The molecule has 120 valence electrons.